The number of amides is 2. The second-order valence-electron chi connectivity index (χ2n) is 3.05. The number of nitrogens with one attached hydrogen (secondary N) is 1. The molecule has 15 heavy (non-hydrogen) atoms. The summed E-state index contributed by atoms with van der Waals surface area (Å²) in [4.78, 5) is 22.0. The molecule has 0 unspecified atom stereocenters. The van der Waals surface area contributed by atoms with Gasteiger partial charge in [0.25, 0.3) is 0 Å². The predicted molar refractivity (Wildman–Crippen MR) is 57.6 cm³/mol. The van der Waals surface area contributed by atoms with E-state index in [4.69, 9.17) is 5.11 Å². The number of carbonyl (C=O) groups is 2. The Morgan fingerprint density at radius 2 is 2.27 bits per heavy atom. The average Bonchev–Trinajstić information content (AvgIpc) is 2.53. The van der Waals surface area contributed by atoms with Crippen LogP contribution in [0.1, 0.15) is 6.92 Å². The molecule has 0 radical (unpaired) electrons. The molecule has 0 atom stereocenters. The molecule has 1 saturated heterocycles. The Morgan fingerprint density at radius 1 is 1.73 bits per heavy atom. The second-order valence-corrected chi connectivity index (χ2v) is 3.05. The van der Waals surface area contributed by atoms with Crippen molar-refractivity contribution in [1.82, 2.24) is 10.2 Å². The van der Waals surface area contributed by atoms with Gasteiger partial charge < -0.3 is 15.3 Å². The molecule has 0 aromatic carbocycles. The van der Waals surface area contributed by atoms with Crippen LogP contribution in [0.4, 0.5) is 4.79 Å². The Balaban J connectivity index is 0.000000288. The van der Waals surface area contributed by atoms with Crippen LogP contribution in [0.3, 0.4) is 0 Å². The summed E-state index contributed by atoms with van der Waals surface area (Å²) in [5, 5.41) is 10.6. The van der Waals surface area contributed by atoms with E-state index in [0.717, 1.165) is 13.1 Å². The first-order valence-electron chi connectivity index (χ1n) is 4.51. The molecular formula is C10H16N2O3. The maximum atomic E-state index is 10.7. The lowest BCUT2D eigenvalue weighted by molar-refractivity contribution is -0.132. The van der Waals surface area contributed by atoms with Crippen LogP contribution in [0.15, 0.2) is 24.8 Å². The van der Waals surface area contributed by atoms with Gasteiger partial charge in [-0.2, -0.15) is 0 Å². The minimum absolute atomic E-state index is 0.0231. The Bertz CT molecular complexity index is 262. The highest BCUT2D eigenvalue weighted by molar-refractivity contribution is 5.84. The van der Waals surface area contributed by atoms with Crippen LogP contribution in [0.5, 0.6) is 0 Å². The first-order chi connectivity index (χ1) is 6.99. The lowest BCUT2D eigenvalue weighted by Crippen LogP contribution is -2.27. The topological polar surface area (TPSA) is 69.6 Å². The van der Waals surface area contributed by atoms with E-state index < -0.39 is 5.97 Å². The molecule has 84 valence electrons. The van der Waals surface area contributed by atoms with Gasteiger partial charge in [-0.05, 0) is 6.92 Å². The van der Waals surface area contributed by atoms with E-state index in [9.17, 15) is 9.59 Å². The molecule has 5 nitrogen and oxygen atoms in total. The number of carboxylic acid groups (broad SMARTS) is 1. The van der Waals surface area contributed by atoms with E-state index in [-0.39, 0.29) is 11.6 Å². The van der Waals surface area contributed by atoms with Crippen LogP contribution in [-0.4, -0.2) is 41.6 Å². The largest absolute Gasteiger partial charge is 0.478 e. The Morgan fingerprint density at radius 3 is 2.53 bits per heavy atom. The number of nitrogens with zero attached hydrogens (tertiary/aromatic N) is 1. The van der Waals surface area contributed by atoms with E-state index in [1.165, 1.54) is 6.92 Å². The quantitative estimate of drug-likeness (QED) is 0.538. The highest BCUT2D eigenvalue weighted by atomic mass is 16.4. The lowest BCUT2D eigenvalue weighted by Gasteiger charge is -2.08. The molecule has 1 fully saturated rings. The summed E-state index contributed by atoms with van der Waals surface area (Å²) in [7, 11) is 0. The first kappa shape index (κ1) is 13.2. The van der Waals surface area contributed by atoms with E-state index in [0.29, 0.717) is 6.54 Å². The fraction of sp³-hybridized carbons (Fsp3) is 0.400. The molecular weight excluding hydrogens is 196 g/mol. The minimum atomic E-state index is -0.935. The van der Waals surface area contributed by atoms with Gasteiger partial charge >= 0.3 is 12.0 Å². The van der Waals surface area contributed by atoms with Gasteiger partial charge in [0.05, 0.1) is 0 Å². The van der Waals surface area contributed by atoms with Crippen molar-refractivity contribution >= 4 is 12.0 Å². The standard InChI is InChI=1S/C6H10N2O.C4H6O2/c1-2-4-8-5-3-7-6(8)9;1-3(2)4(5)6/h2H,1,3-5H2,(H,7,9);1H2,2H3,(H,5,6). The van der Waals surface area contributed by atoms with Gasteiger partial charge in [0, 0.05) is 25.2 Å². The Labute approximate surface area is 89.1 Å². The fourth-order valence-corrected chi connectivity index (χ4v) is 0.841. The Kier molecular flexibility index (Phi) is 5.85. The van der Waals surface area contributed by atoms with Crippen molar-refractivity contribution in [3.05, 3.63) is 24.8 Å². The highest BCUT2D eigenvalue weighted by Crippen LogP contribution is 1.94. The van der Waals surface area contributed by atoms with Gasteiger partial charge in [-0.1, -0.05) is 12.7 Å². The van der Waals surface area contributed by atoms with Crippen molar-refractivity contribution < 1.29 is 14.7 Å². The van der Waals surface area contributed by atoms with E-state index >= 15 is 0 Å². The van der Waals surface area contributed by atoms with Gasteiger partial charge in [-0.25, -0.2) is 9.59 Å². The molecule has 1 aliphatic rings. The molecule has 2 N–H and O–H groups in total. The summed E-state index contributed by atoms with van der Waals surface area (Å²) in [6, 6.07) is 0.0231. The molecule has 2 amide bonds. The molecule has 0 aromatic heterocycles. The fourth-order valence-electron chi connectivity index (χ4n) is 0.841. The maximum Gasteiger partial charge on any atom is 0.330 e. The molecule has 1 rings (SSSR count). The zero-order valence-corrected chi connectivity index (χ0v) is 8.82. The normalized spacial score (nSPS) is 13.7. The summed E-state index contributed by atoms with van der Waals surface area (Å²) in [6.07, 6.45) is 1.73. The van der Waals surface area contributed by atoms with E-state index in [1.807, 2.05) is 0 Å². The summed E-state index contributed by atoms with van der Waals surface area (Å²) < 4.78 is 0. The summed E-state index contributed by atoms with van der Waals surface area (Å²) in [5.41, 5.74) is 0.176. The minimum Gasteiger partial charge on any atom is -0.478 e. The van der Waals surface area contributed by atoms with Gasteiger partial charge in [-0.15, -0.1) is 6.58 Å². The van der Waals surface area contributed by atoms with Crippen molar-refractivity contribution in [3.8, 4) is 0 Å². The first-order valence-corrected chi connectivity index (χ1v) is 4.51. The zero-order chi connectivity index (χ0) is 11.8. The van der Waals surface area contributed by atoms with Crippen LogP contribution in [0, 0.1) is 0 Å². The third-order valence-corrected chi connectivity index (χ3v) is 1.66. The van der Waals surface area contributed by atoms with E-state index in [1.54, 1.807) is 11.0 Å². The smallest absolute Gasteiger partial charge is 0.330 e. The molecule has 5 heteroatoms. The van der Waals surface area contributed by atoms with Gasteiger partial charge in [-0.3, -0.25) is 0 Å². The predicted octanol–water partition coefficient (Wildman–Crippen LogP) is 0.845. The SMILES string of the molecule is C=C(C)C(=O)O.C=CCN1CCNC1=O. The van der Waals surface area contributed by atoms with Gasteiger partial charge in [0.15, 0.2) is 0 Å². The number of hydrogen-bond donors (Lipinski definition) is 2. The van der Waals surface area contributed by atoms with Gasteiger partial charge in [0.1, 0.15) is 0 Å². The molecule has 0 spiro atoms. The molecule has 0 saturated carbocycles. The number of urea groups is 1. The molecule has 1 aliphatic heterocycles. The third-order valence-electron chi connectivity index (χ3n) is 1.66. The third kappa shape index (κ3) is 5.51. The van der Waals surface area contributed by atoms with Crippen LogP contribution >= 0.6 is 0 Å². The molecule has 0 aromatic rings. The van der Waals surface area contributed by atoms with Crippen molar-refractivity contribution in [2.24, 2.45) is 0 Å². The maximum absolute atomic E-state index is 10.7. The second kappa shape index (κ2) is 6.64. The van der Waals surface area contributed by atoms with Gasteiger partial charge in [0.2, 0.25) is 0 Å². The van der Waals surface area contributed by atoms with Crippen LogP contribution in [0.25, 0.3) is 0 Å². The number of carbonyl (C=O) groups excluding carboxylic acids is 1. The zero-order valence-electron chi connectivity index (χ0n) is 8.82. The number of aliphatic carboxylic acids is 1. The number of hydrogen-bond acceptors (Lipinski definition) is 2. The lowest BCUT2D eigenvalue weighted by atomic mass is 10.4. The Hall–Kier alpha value is -1.78. The average molecular weight is 212 g/mol. The van der Waals surface area contributed by atoms with Crippen LogP contribution < -0.4 is 5.32 Å². The summed E-state index contributed by atoms with van der Waals surface area (Å²) in [6.45, 7) is 10.4. The highest BCUT2D eigenvalue weighted by Gasteiger charge is 2.16. The van der Waals surface area contributed by atoms with Crippen molar-refractivity contribution in [3.63, 3.8) is 0 Å². The van der Waals surface area contributed by atoms with Crippen LogP contribution in [0.2, 0.25) is 0 Å². The molecule has 1 heterocycles. The van der Waals surface area contributed by atoms with Crippen molar-refractivity contribution in [2.75, 3.05) is 19.6 Å². The number of carboxylic acids is 1. The molecule has 0 aliphatic carbocycles. The summed E-state index contributed by atoms with van der Waals surface area (Å²) >= 11 is 0. The summed E-state index contributed by atoms with van der Waals surface area (Å²) in [5.74, 6) is -0.935. The van der Waals surface area contributed by atoms with Crippen molar-refractivity contribution in [1.29, 1.82) is 0 Å². The van der Waals surface area contributed by atoms with E-state index in [2.05, 4.69) is 18.5 Å². The van der Waals surface area contributed by atoms with Crippen molar-refractivity contribution in [2.45, 2.75) is 6.92 Å². The number of rotatable bonds is 3. The van der Waals surface area contributed by atoms with Crippen LogP contribution in [-0.2, 0) is 4.79 Å². The monoisotopic (exact) mass is 212 g/mol. The molecule has 0 bridgehead atoms.